The molecule has 3 saturated heterocycles. The van der Waals surface area contributed by atoms with Gasteiger partial charge in [0.2, 0.25) is 29.5 Å². The zero-order valence-electron chi connectivity index (χ0n) is 43.1. The molecule has 0 radical (unpaired) electrons. The summed E-state index contributed by atoms with van der Waals surface area (Å²) in [6.07, 6.45) is 9.74. The Balaban J connectivity index is 1.23. The molecule has 13 N–H and O–H groups in total. The molecule has 0 saturated carbocycles. The third-order valence-corrected chi connectivity index (χ3v) is 18.1. The van der Waals surface area contributed by atoms with Crippen molar-refractivity contribution in [3.63, 3.8) is 0 Å². The number of rotatable bonds is 33. The van der Waals surface area contributed by atoms with Gasteiger partial charge in [0.25, 0.3) is 0 Å². The molecule has 0 aromatic heterocycles. The Morgan fingerprint density at radius 3 is 2.08 bits per heavy atom. The van der Waals surface area contributed by atoms with Crippen LogP contribution in [0.1, 0.15) is 77.6 Å². The van der Waals surface area contributed by atoms with Crippen molar-refractivity contribution in [2.24, 2.45) is 5.73 Å². The first kappa shape index (κ1) is 67.9. The van der Waals surface area contributed by atoms with Gasteiger partial charge in [-0.1, -0.05) is 64.1 Å². The molecular weight excluding hydrogens is 1170 g/mol. The quantitative estimate of drug-likeness (QED) is 0.0190. The molecule has 4 rings (SSSR count). The number of unbranched alkanes of at least 4 members (excludes halogenated alkanes) is 1. The highest BCUT2D eigenvalue weighted by atomic mass is 33.1. The van der Waals surface area contributed by atoms with Crippen LogP contribution in [0.2, 0.25) is 0 Å². The molecule has 80 heavy (non-hydrogen) atoms. The second kappa shape index (κ2) is 32.3. The predicted octanol–water partition coefficient (Wildman–Crippen LogP) is 1.12. The Bertz CT molecular complexity index is 2560. The Hall–Kier alpha value is -4.59. The van der Waals surface area contributed by atoms with E-state index in [1.165, 1.54) is 31.4 Å². The van der Waals surface area contributed by atoms with Gasteiger partial charge in [-0.15, -0.1) is 0 Å². The van der Waals surface area contributed by atoms with Gasteiger partial charge in [-0.2, -0.15) is 8.62 Å². The standard InChI is InChI=1S/C45H67N6O24P3S2/c1-27(20-28-8-2-3-9-29(14-13-28)36-23-35(52)37(73-36)25-72-77(67,68)75-78(69,70)74-76(64,65)66)24-71-26-80-79-19-15-38(53)50-17-6-11-33(50)42(59)47-30(10-4-5-16-46)44(61)51-18-7-12-34(51)43(60)48-31(21-39(54)55)41(58)49-32(45(62)63)22-40(56)57/h2-3,8-9,13-14,20,30-37,52H,4-7,10-12,15-19,21-26,46H2,1H3,(H,47,59)(H,48,60)(H,49,58)(H,54,55)(H,56,57)(H,62,63)(H,67,68)(H,69,70)(H2,64,65,66)/b3-2-,8-2?,9-3?,14-13-,27-20+,28-8+,28-13?,29-9+,29-14?. The molecule has 448 valence electrons. The van der Waals surface area contributed by atoms with Gasteiger partial charge in [0, 0.05) is 31.7 Å². The Morgan fingerprint density at radius 1 is 0.812 bits per heavy atom. The van der Waals surface area contributed by atoms with E-state index in [0.29, 0.717) is 50.0 Å². The number of nitrogens with one attached hydrogen (secondary N) is 3. The minimum atomic E-state index is -5.73. The zero-order chi connectivity index (χ0) is 59.4. The largest absolute Gasteiger partial charge is 0.490 e. The van der Waals surface area contributed by atoms with E-state index in [-0.39, 0.29) is 57.2 Å². The van der Waals surface area contributed by atoms with Gasteiger partial charge < -0.3 is 81.0 Å². The molecule has 10 unspecified atom stereocenters. The number of carbonyl (C=O) groups is 8. The first-order valence-electron chi connectivity index (χ1n) is 24.8. The molecular formula is C45H67N6O24P3S2. The van der Waals surface area contributed by atoms with E-state index in [4.69, 9.17) is 30.1 Å². The van der Waals surface area contributed by atoms with Gasteiger partial charge in [-0.05, 0) is 75.1 Å². The first-order valence-corrected chi connectivity index (χ1v) is 31.8. The molecule has 0 aromatic rings. The summed E-state index contributed by atoms with van der Waals surface area (Å²) in [5.41, 5.74) is 7.94. The number of hydrogen-bond donors (Lipinski definition) is 12. The minimum Gasteiger partial charge on any atom is -0.481 e. The number of phosphoric ester groups is 1. The van der Waals surface area contributed by atoms with Gasteiger partial charge in [-0.3, -0.25) is 38.1 Å². The van der Waals surface area contributed by atoms with Crippen molar-refractivity contribution < 1.29 is 115 Å². The average molecular weight is 1230 g/mol. The Labute approximate surface area is 466 Å². The molecule has 0 aromatic carbocycles. The van der Waals surface area contributed by atoms with Crippen LogP contribution in [0.4, 0.5) is 0 Å². The lowest BCUT2D eigenvalue weighted by Crippen LogP contribution is -2.58. The molecule has 10 atom stereocenters. The van der Waals surface area contributed by atoms with E-state index >= 15 is 0 Å². The number of aliphatic carboxylic acids is 3. The van der Waals surface area contributed by atoms with Crippen LogP contribution in [-0.2, 0) is 74.7 Å². The van der Waals surface area contributed by atoms with Crippen LogP contribution in [0, 0.1) is 0 Å². The number of aliphatic hydroxyl groups is 1. The number of carboxylic acid groups (broad SMARTS) is 3. The van der Waals surface area contributed by atoms with Crippen LogP contribution in [0.25, 0.3) is 0 Å². The lowest BCUT2D eigenvalue weighted by atomic mass is 10.0. The molecule has 3 aliphatic heterocycles. The van der Waals surface area contributed by atoms with E-state index in [1.807, 2.05) is 24.4 Å². The molecule has 30 nitrogen and oxygen atoms in total. The number of carbonyl (C=O) groups excluding carboxylic acids is 5. The summed E-state index contributed by atoms with van der Waals surface area (Å²) in [6, 6.07) is -6.99. The van der Waals surface area contributed by atoms with Gasteiger partial charge in [0.15, 0.2) is 0 Å². The smallest absolute Gasteiger partial charge is 0.481 e. The molecule has 3 heterocycles. The molecule has 4 aliphatic rings. The average Bonchev–Trinajstić information content (AvgIpc) is 4.12. The monoisotopic (exact) mass is 1230 g/mol. The third kappa shape index (κ3) is 23.3. The summed E-state index contributed by atoms with van der Waals surface area (Å²) in [6.45, 7) is 1.97. The number of nitrogens with zero attached hydrogens (tertiary/aromatic N) is 2. The fourth-order valence-corrected chi connectivity index (χ4v) is 13.2. The fourth-order valence-electron chi connectivity index (χ4n) is 8.60. The Morgan fingerprint density at radius 2 is 1.44 bits per heavy atom. The van der Waals surface area contributed by atoms with Gasteiger partial charge in [-0.25, -0.2) is 18.5 Å². The van der Waals surface area contributed by atoms with Crippen molar-refractivity contribution in [1.29, 1.82) is 0 Å². The summed E-state index contributed by atoms with van der Waals surface area (Å²) in [5, 5.41) is 45.4. The second-order valence-electron chi connectivity index (χ2n) is 18.5. The highest BCUT2D eigenvalue weighted by Gasteiger charge is 2.44. The van der Waals surface area contributed by atoms with Crippen molar-refractivity contribution in [3.8, 4) is 0 Å². The van der Waals surface area contributed by atoms with Crippen LogP contribution in [0.15, 0.2) is 59.3 Å². The van der Waals surface area contributed by atoms with Crippen LogP contribution < -0.4 is 21.7 Å². The van der Waals surface area contributed by atoms with E-state index in [1.54, 1.807) is 30.4 Å². The van der Waals surface area contributed by atoms with Crippen LogP contribution >= 0.6 is 45.1 Å². The summed E-state index contributed by atoms with van der Waals surface area (Å²) in [5.74, 6) is -7.81. The molecule has 0 spiro atoms. The Kier molecular flexibility index (Phi) is 27.4. The SMILES string of the molecule is C\C(=C/C1=C/C=C\C=C(C2CC(O)C(COP(=O)(O)OP(=O)(O)OP(=O)(O)O)O2)/C=C\1)COCSSCCC(=O)N1CCCC1C(=O)NC(CCCCN)C(=O)N1CCCC1C(=O)NC(CC(=O)O)C(=O)NC(CC(=O)O)C(=O)O. The fraction of sp³-hybridized carbons (Fsp3) is 0.600. The normalized spacial score (nSPS) is 25.2. The molecule has 35 heteroatoms. The zero-order valence-corrected chi connectivity index (χ0v) is 47.4. The maximum atomic E-state index is 14.1. The van der Waals surface area contributed by atoms with E-state index in [9.17, 15) is 77.2 Å². The van der Waals surface area contributed by atoms with Gasteiger partial charge >= 0.3 is 41.4 Å². The second-order valence-corrected chi connectivity index (χ2v) is 25.4. The summed E-state index contributed by atoms with van der Waals surface area (Å²) >= 11 is 0. The molecule has 5 amide bonds. The topological polar surface area (TPSA) is 464 Å². The first-order chi connectivity index (χ1) is 37.6. The van der Waals surface area contributed by atoms with E-state index in [2.05, 4.69) is 23.8 Å². The van der Waals surface area contributed by atoms with Crippen LogP contribution in [0.5, 0.6) is 0 Å². The number of phosphoric acid groups is 3. The van der Waals surface area contributed by atoms with Gasteiger partial charge in [0.1, 0.15) is 42.3 Å². The summed E-state index contributed by atoms with van der Waals surface area (Å²) in [4.78, 5) is 142. The number of hydrogen-bond acceptors (Lipinski definition) is 20. The summed E-state index contributed by atoms with van der Waals surface area (Å²) < 4.78 is 58.3. The van der Waals surface area contributed by atoms with E-state index in [0.717, 1.165) is 11.1 Å². The van der Waals surface area contributed by atoms with Crippen molar-refractivity contribution in [2.45, 2.75) is 126 Å². The van der Waals surface area contributed by atoms with Gasteiger partial charge in [0.05, 0.1) is 38.3 Å². The van der Waals surface area contributed by atoms with Crippen molar-refractivity contribution >= 4 is 92.5 Å². The number of likely N-dealkylation sites (tertiary alicyclic amines) is 2. The predicted molar refractivity (Wildman–Crippen MR) is 283 cm³/mol. The molecule has 0 bridgehead atoms. The third-order valence-electron chi connectivity index (χ3n) is 12.2. The number of allylic oxidation sites excluding steroid dienone is 7. The highest BCUT2D eigenvalue weighted by molar-refractivity contribution is 8.76. The van der Waals surface area contributed by atoms with Crippen molar-refractivity contribution in [3.05, 3.63) is 59.3 Å². The number of amides is 5. The lowest BCUT2D eigenvalue weighted by molar-refractivity contribution is -0.148. The number of nitrogens with two attached hydrogens (primary N) is 1. The lowest BCUT2D eigenvalue weighted by Gasteiger charge is -2.31. The van der Waals surface area contributed by atoms with E-state index < -0.39 is 133 Å². The highest BCUT2D eigenvalue weighted by Crippen LogP contribution is 2.66. The van der Waals surface area contributed by atoms with Crippen molar-refractivity contribution in [1.82, 2.24) is 25.8 Å². The maximum absolute atomic E-state index is 14.1. The maximum Gasteiger partial charge on any atom is 0.490 e. The minimum absolute atomic E-state index is 0.0305. The molecule has 3 fully saturated rings. The van der Waals surface area contributed by atoms with Crippen LogP contribution in [-0.4, -0.2) is 190 Å². The van der Waals surface area contributed by atoms with Crippen LogP contribution in [0.3, 0.4) is 0 Å². The summed E-state index contributed by atoms with van der Waals surface area (Å²) in [7, 11) is -14.0. The number of aliphatic hydroxyl groups excluding tert-OH is 1. The number of ether oxygens (including phenoxy) is 2. The molecule has 1 aliphatic carbocycles. The van der Waals surface area contributed by atoms with Crippen molar-refractivity contribution in [2.75, 3.05) is 44.5 Å². The number of carboxylic acids is 3.